The van der Waals surface area contributed by atoms with Gasteiger partial charge in [-0.25, -0.2) is 17.9 Å². The lowest BCUT2D eigenvalue weighted by Crippen LogP contribution is -2.26. The van der Waals surface area contributed by atoms with Crippen molar-refractivity contribution in [3.8, 4) is 5.75 Å². The Labute approximate surface area is 111 Å². The molecule has 0 radical (unpaired) electrons. The average molecular weight is 285 g/mol. The molecule has 19 heavy (non-hydrogen) atoms. The standard InChI is InChI=1S/C12H15NO5S/c1-17-12(14)11-6-9-5-8(3-4-10(9)18-11)7-13-19(2,15)16/h3-5,11,13H,6-7H2,1-2H3/t11-/m0/s1. The molecule has 1 N–H and O–H groups in total. The second-order valence-electron chi connectivity index (χ2n) is 4.37. The predicted octanol–water partition coefficient (Wildman–Crippen LogP) is 0.212. The molecule has 1 aromatic carbocycles. The highest BCUT2D eigenvalue weighted by Crippen LogP contribution is 2.30. The smallest absolute Gasteiger partial charge is 0.347 e. The number of carbonyl (C=O) groups is 1. The van der Waals surface area contributed by atoms with Gasteiger partial charge in [-0.3, -0.25) is 0 Å². The fourth-order valence-electron chi connectivity index (χ4n) is 1.89. The summed E-state index contributed by atoms with van der Waals surface area (Å²) in [5, 5.41) is 0. The molecule has 7 heteroatoms. The largest absolute Gasteiger partial charge is 0.478 e. The van der Waals surface area contributed by atoms with Gasteiger partial charge in [0.25, 0.3) is 0 Å². The molecule has 1 aliphatic rings. The van der Waals surface area contributed by atoms with Crippen LogP contribution in [-0.2, 0) is 32.5 Å². The summed E-state index contributed by atoms with van der Waals surface area (Å²) in [6.45, 7) is 0.217. The Hall–Kier alpha value is -1.60. The van der Waals surface area contributed by atoms with E-state index in [0.717, 1.165) is 17.4 Å². The van der Waals surface area contributed by atoms with E-state index in [1.165, 1.54) is 7.11 Å². The molecular weight excluding hydrogens is 270 g/mol. The Morgan fingerprint density at radius 1 is 1.53 bits per heavy atom. The maximum atomic E-state index is 11.4. The van der Waals surface area contributed by atoms with Gasteiger partial charge in [-0.2, -0.15) is 0 Å². The zero-order valence-corrected chi connectivity index (χ0v) is 11.5. The molecule has 0 fully saturated rings. The highest BCUT2D eigenvalue weighted by Gasteiger charge is 2.29. The number of fused-ring (bicyclic) bond motifs is 1. The minimum Gasteiger partial charge on any atom is -0.478 e. The van der Waals surface area contributed by atoms with E-state index >= 15 is 0 Å². The summed E-state index contributed by atoms with van der Waals surface area (Å²) in [6.07, 6.45) is 0.934. The summed E-state index contributed by atoms with van der Waals surface area (Å²) < 4.78 is 34.5. The number of nitrogens with one attached hydrogen (secondary N) is 1. The monoisotopic (exact) mass is 285 g/mol. The van der Waals surface area contributed by atoms with Gasteiger partial charge in [0.1, 0.15) is 5.75 Å². The van der Waals surface area contributed by atoms with E-state index in [-0.39, 0.29) is 6.54 Å². The molecule has 1 aromatic rings. The van der Waals surface area contributed by atoms with E-state index in [9.17, 15) is 13.2 Å². The first-order valence-corrected chi connectivity index (χ1v) is 7.59. The van der Waals surface area contributed by atoms with Crippen molar-refractivity contribution in [3.63, 3.8) is 0 Å². The average Bonchev–Trinajstić information content (AvgIpc) is 2.77. The van der Waals surface area contributed by atoms with Gasteiger partial charge in [0.15, 0.2) is 6.10 Å². The Kier molecular flexibility index (Phi) is 3.77. The van der Waals surface area contributed by atoms with E-state index in [0.29, 0.717) is 12.2 Å². The first-order chi connectivity index (χ1) is 8.89. The van der Waals surface area contributed by atoms with E-state index in [1.807, 2.05) is 6.07 Å². The van der Waals surface area contributed by atoms with Gasteiger partial charge in [0.05, 0.1) is 13.4 Å². The number of benzene rings is 1. The zero-order chi connectivity index (χ0) is 14.0. The molecule has 1 heterocycles. The fraction of sp³-hybridized carbons (Fsp3) is 0.417. The molecule has 0 amide bonds. The summed E-state index contributed by atoms with van der Waals surface area (Å²) in [6, 6.07) is 5.32. The Balaban J connectivity index is 2.09. The van der Waals surface area contributed by atoms with Crippen LogP contribution in [0.2, 0.25) is 0 Å². The van der Waals surface area contributed by atoms with Crippen LogP contribution in [0.5, 0.6) is 5.75 Å². The van der Waals surface area contributed by atoms with E-state index in [1.54, 1.807) is 12.1 Å². The number of sulfonamides is 1. The topological polar surface area (TPSA) is 81.7 Å². The van der Waals surface area contributed by atoms with Crippen molar-refractivity contribution >= 4 is 16.0 Å². The minimum atomic E-state index is -3.22. The minimum absolute atomic E-state index is 0.217. The van der Waals surface area contributed by atoms with Crippen LogP contribution in [0.15, 0.2) is 18.2 Å². The molecular formula is C12H15NO5S. The number of rotatable bonds is 4. The lowest BCUT2D eigenvalue weighted by molar-refractivity contribution is -0.147. The molecule has 0 saturated carbocycles. The van der Waals surface area contributed by atoms with Crippen LogP contribution in [-0.4, -0.2) is 33.9 Å². The normalized spacial score (nSPS) is 17.7. The van der Waals surface area contributed by atoms with Gasteiger partial charge in [0, 0.05) is 13.0 Å². The summed E-state index contributed by atoms with van der Waals surface area (Å²) in [5.41, 5.74) is 1.70. The molecule has 0 unspecified atom stereocenters. The highest BCUT2D eigenvalue weighted by molar-refractivity contribution is 7.88. The van der Waals surface area contributed by atoms with Crippen LogP contribution in [0.4, 0.5) is 0 Å². The van der Waals surface area contributed by atoms with Crippen LogP contribution in [0.25, 0.3) is 0 Å². The first-order valence-electron chi connectivity index (χ1n) is 5.70. The number of hydrogen-bond acceptors (Lipinski definition) is 5. The third-order valence-corrected chi connectivity index (χ3v) is 3.47. The van der Waals surface area contributed by atoms with E-state index < -0.39 is 22.1 Å². The fourth-order valence-corrected chi connectivity index (χ4v) is 2.32. The Bertz CT molecular complexity index is 596. The van der Waals surface area contributed by atoms with Crippen LogP contribution < -0.4 is 9.46 Å². The number of ether oxygens (including phenoxy) is 2. The van der Waals surface area contributed by atoms with Gasteiger partial charge in [-0.05, 0) is 17.2 Å². The van der Waals surface area contributed by atoms with Gasteiger partial charge < -0.3 is 9.47 Å². The number of methoxy groups -OCH3 is 1. The molecule has 1 atom stereocenters. The van der Waals surface area contributed by atoms with E-state index in [2.05, 4.69) is 9.46 Å². The molecule has 0 bridgehead atoms. The maximum absolute atomic E-state index is 11.4. The molecule has 1 aliphatic heterocycles. The number of esters is 1. The van der Waals surface area contributed by atoms with Gasteiger partial charge >= 0.3 is 5.97 Å². The lowest BCUT2D eigenvalue weighted by atomic mass is 10.1. The third-order valence-electron chi connectivity index (χ3n) is 2.80. The number of carbonyl (C=O) groups excluding carboxylic acids is 1. The maximum Gasteiger partial charge on any atom is 0.347 e. The SMILES string of the molecule is COC(=O)[C@@H]1Cc2cc(CNS(C)(=O)=O)ccc2O1. The zero-order valence-electron chi connectivity index (χ0n) is 10.7. The molecule has 0 aliphatic carbocycles. The highest BCUT2D eigenvalue weighted by atomic mass is 32.2. The Morgan fingerprint density at radius 2 is 2.26 bits per heavy atom. The molecule has 6 nitrogen and oxygen atoms in total. The molecule has 0 aromatic heterocycles. The predicted molar refractivity (Wildman–Crippen MR) is 68.3 cm³/mol. The lowest BCUT2D eigenvalue weighted by Gasteiger charge is -2.07. The van der Waals surface area contributed by atoms with Gasteiger partial charge in [0.2, 0.25) is 10.0 Å². The second kappa shape index (κ2) is 5.18. The summed E-state index contributed by atoms with van der Waals surface area (Å²) in [7, 11) is -1.90. The quantitative estimate of drug-likeness (QED) is 0.800. The van der Waals surface area contributed by atoms with Crippen molar-refractivity contribution in [2.45, 2.75) is 19.1 Å². The molecule has 104 valence electrons. The van der Waals surface area contributed by atoms with Crippen LogP contribution in [0, 0.1) is 0 Å². The summed E-state index contributed by atoms with van der Waals surface area (Å²) >= 11 is 0. The van der Waals surface area contributed by atoms with Gasteiger partial charge in [-0.1, -0.05) is 12.1 Å². The van der Waals surface area contributed by atoms with Crippen molar-refractivity contribution in [2.75, 3.05) is 13.4 Å². The summed E-state index contributed by atoms with van der Waals surface area (Å²) in [4.78, 5) is 11.4. The van der Waals surface area contributed by atoms with E-state index in [4.69, 9.17) is 4.74 Å². The summed E-state index contributed by atoms with van der Waals surface area (Å²) in [5.74, 6) is 0.227. The Morgan fingerprint density at radius 3 is 2.89 bits per heavy atom. The molecule has 2 rings (SSSR count). The molecule has 0 spiro atoms. The van der Waals surface area contributed by atoms with Crippen molar-refractivity contribution < 1.29 is 22.7 Å². The first kappa shape index (κ1) is 13.8. The van der Waals surface area contributed by atoms with Crippen molar-refractivity contribution in [1.29, 1.82) is 0 Å². The van der Waals surface area contributed by atoms with Crippen molar-refractivity contribution in [1.82, 2.24) is 4.72 Å². The van der Waals surface area contributed by atoms with Crippen LogP contribution in [0.1, 0.15) is 11.1 Å². The van der Waals surface area contributed by atoms with Crippen LogP contribution >= 0.6 is 0 Å². The third kappa shape index (κ3) is 3.45. The molecule has 0 saturated heterocycles. The van der Waals surface area contributed by atoms with Crippen molar-refractivity contribution in [2.24, 2.45) is 0 Å². The van der Waals surface area contributed by atoms with Crippen LogP contribution in [0.3, 0.4) is 0 Å². The second-order valence-corrected chi connectivity index (χ2v) is 6.20. The van der Waals surface area contributed by atoms with Gasteiger partial charge in [-0.15, -0.1) is 0 Å². The number of hydrogen-bond donors (Lipinski definition) is 1. The van der Waals surface area contributed by atoms with Crippen molar-refractivity contribution in [3.05, 3.63) is 29.3 Å².